The van der Waals surface area contributed by atoms with E-state index in [1.54, 1.807) is 0 Å². The lowest BCUT2D eigenvalue weighted by molar-refractivity contribution is 0.664. The fraction of sp³-hybridized carbons (Fsp3) is 0.263. The zero-order valence-corrected chi connectivity index (χ0v) is 11.6. The van der Waals surface area contributed by atoms with Crippen molar-refractivity contribution in [2.45, 2.75) is 26.2 Å². The Morgan fingerprint density at radius 3 is 2.47 bits per heavy atom. The van der Waals surface area contributed by atoms with Gasteiger partial charge >= 0.3 is 0 Å². The maximum absolute atomic E-state index is 2.33. The Balaban J connectivity index is 0.000000339. The van der Waals surface area contributed by atoms with Crippen LogP contribution in [-0.2, 0) is 0 Å². The zero-order chi connectivity index (χ0) is 13.2. The van der Waals surface area contributed by atoms with Crippen molar-refractivity contribution in [1.29, 1.82) is 0 Å². The highest BCUT2D eigenvalue weighted by atomic mass is 14.3. The lowest BCUT2D eigenvalue weighted by Gasteiger charge is -2.34. The second-order valence-corrected chi connectivity index (χ2v) is 5.36. The number of hydrogen-bond acceptors (Lipinski definition) is 0. The first-order chi connectivity index (χ1) is 9.35. The van der Waals surface area contributed by atoms with Crippen LogP contribution in [0.3, 0.4) is 0 Å². The summed E-state index contributed by atoms with van der Waals surface area (Å²) in [7, 11) is 0. The molecule has 0 saturated carbocycles. The van der Waals surface area contributed by atoms with Crippen LogP contribution >= 0.6 is 0 Å². The van der Waals surface area contributed by atoms with Gasteiger partial charge in [0.05, 0.1) is 0 Å². The topological polar surface area (TPSA) is 0 Å². The summed E-state index contributed by atoms with van der Waals surface area (Å²) in [5, 5.41) is 0. The van der Waals surface area contributed by atoms with Gasteiger partial charge in [-0.15, -0.1) is 0 Å². The van der Waals surface area contributed by atoms with E-state index in [4.69, 9.17) is 0 Å². The summed E-state index contributed by atoms with van der Waals surface area (Å²) in [6, 6.07) is 6.60. The molecule has 0 aliphatic heterocycles. The van der Waals surface area contributed by atoms with Crippen LogP contribution in [0.5, 0.6) is 0 Å². The Morgan fingerprint density at radius 1 is 0.947 bits per heavy atom. The van der Waals surface area contributed by atoms with E-state index in [2.05, 4.69) is 74.6 Å². The average molecular weight is 248 g/mol. The van der Waals surface area contributed by atoms with Gasteiger partial charge in [0.25, 0.3) is 0 Å². The first-order valence-corrected chi connectivity index (χ1v) is 7.22. The van der Waals surface area contributed by atoms with Gasteiger partial charge in [-0.1, -0.05) is 81.0 Å². The molecule has 0 fully saturated rings. The molecule has 0 bridgehead atoms. The molecule has 3 aliphatic carbocycles. The Morgan fingerprint density at radius 2 is 1.68 bits per heavy atom. The molecule has 1 aromatic carbocycles. The van der Waals surface area contributed by atoms with Gasteiger partial charge in [-0.25, -0.2) is 0 Å². The summed E-state index contributed by atoms with van der Waals surface area (Å²) in [4.78, 5) is 0. The lowest BCUT2D eigenvalue weighted by Crippen LogP contribution is -2.20. The molecule has 2 atom stereocenters. The van der Waals surface area contributed by atoms with Gasteiger partial charge < -0.3 is 0 Å². The molecule has 2 unspecified atom stereocenters. The standard InChI is InChI=1S/C16H12.C3H8/c1-3-11-7-9-13-5-2-6-14-10-8-12(4-1)15(11)16(13)14;1-3-2/h1-11,15H;3H2,1-2H3. The largest absolute Gasteiger partial charge is 0.0767 e. The van der Waals surface area contributed by atoms with E-state index in [0.29, 0.717) is 11.8 Å². The van der Waals surface area contributed by atoms with Crippen LogP contribution in [0.25, 0.3) is 12.2 Å². The van der Waals surface area contributed by atoms with Gasteiger partial charge in [0.1, 0.15) is 0 Å². The summed E-state index contributed by atoms with van der Waals surface area (Å²) < 4.78 is 0. The third-order valence-corrected chi connectivity index (χ3v) is 3.80. The van der Waals surface area contributed by atoms with E-state index in [1.165, 1.54) is 28.7 Å². The number of rotatable bonds is 0. The first-order valence-electron chi connectivity index (χ1n) is 7.22. The van der Waals surface area contributed by atoms with Gasteiger partial charge in [0.2, 0.25) is 0 Å². The quantitative estimate of drug-likeness (QED) is 0.580. The van der Waals surface area contributed by atoms with Gasteiger partial charge in [-0.3, -0.25) is 0 Å². The SMILES string of the molecule is C1=CC2C=Cc3cccc4c3C2C(=C1)C=C4.CCC. The van der Waals surface area contributed by atoms with Crippen LogP contribution in [-0.4, -0.2) is 0 Å². The van der Waals surface area contributed by atoms with Crippen LogP contribution in [0.15, 0.2) is 54.2 Å². The van der Waals surface area contributed by atoms with E-state index in [9.17, 15) is 0 Å². The highest BCUT2D eigenvalue weighted by Gasteiger charge is 2.31. The van der Waals surface area contributed by atoms with Gasteiger partial charge in [-0.05, 0) is 22.3 Å². The van der Waals surface area contributed by atoms with Gasteiger partial charge in [-0.2, -0.15) is 0 Å². The molecular formula is C19H20. The molecule has 0 heteroatoms. The molecule has 1 aromatic rings. The Bertz CT molecular complexity index is 596. The maximum Gasteiger partial charge on any atom is 0.0199 e. The van der Waals surface area contributed by atoms with Crippen molar-refractivity contribution in [3.8, 4) is 0 Å². The second-order valence-electron chi connectivity index (χ2n) is 5.36. The summed E-state index contributed by atoms with van der Waals surface area (Å²) in [6.45, 7) is 4.25. The normalized spacial score (nSPS) is 24.2. The van der Waals surface area contributed by atoms with Crippen molar-refractivity contribution in [2.24, 2.45) is 5.92 Å². The smallest absolute Gasteiger partial charge is 0.0199 e. The molecular weight excluding hydrogens is 228 g/mol. The van der Waals surface area contributed by atoms with Crippen molar-refractivity contribution in [3.05, 3.63) is 70.8 Å². The zero-order valence-electron chi connectivity index (χ0n) is 11.6. The molecule has 0 heterocycles. The molecule has 0 spiro atoms. The Labute approximate surface area is 115 Å². The van der Waals surface area contributed by atoms with Crippen LogP contribution in [0.1, 0.15) is 42.9 Å². The predicted molar refractivity (Wildman–Crippen MR) is 83.9 cm³/mol. The van der Waals surface area contributed by atoms with Crippen molar-refractivity contribution in [2.75, 3.05) is 0 Å². The molecule has 0 radical (unpaired) electrons. The van der Waals surface area contributed by atoms with Crippen molar-refractivity contribution < 1.29 is 0 Å². The summed E-state index contributed by atoms with van der Waals surface area (Å²) in [5.74, 6) is 1.12. The fourth-order valence-corrected chi connectivity index (χ4v) is 3.08. The Hall–Kier alpha value is -1.82. The van der Waals surface area contributed by atoms with Crippen LogP contribution in [0.4, 0.5) is 0 Å². The third-order valence-electron chi connectivity index (χ3n) is 3.80. The van der Waals surface area contributed by atoms with Crippen molar-refractivity contribution >= 4 is 12.2 Å². The minimum absolute atomic E-state index is 0.554. The molecule has 0 saturated heterocycles. The average Bonchev–Trinajstić information content (AvgIpc) is 2.46. The van der Waals surface area contributed by atoms with E-state index in [0.717, 1.165) is 0 Å². The Kier molecular flexibility index (Phi) is 3.25. The molecule has 19 heavy (non-hydrogen) atoms. The monoisotopic (exact) mass is 248 g/mol. The van der Waals surface area contributed by atoms with E-state index >= 15 is 0 Å². The van der Waals surface area contributed by atoms with Crippen LogP contribution < -0.4 is 0 Å². The summed E-state index contributed by atoms with van der Waals surface area (Å²) in [6.07, 6.45) is 17.1. The van der Waals surface area contributed by atoms with Gasteiger partial charge in [0, 0.05) is 11.8 Å². The lowest BCUT2D eigenvalue weighted by atomic mass is 9.69. The minimum atomic E-state index is 0.554. The molecule has 0 aromatic heterocycles. The van der Waals surface area contributed by atoms with Crippen molar-refractivity contribution in [1.82, 2.24) is 0 Å². The van der Waals surface area contributed by atoms with E-state index in [1.807, 2.05) is 0 Å². The summed E-state index contributed by atoms with van der Waals surface area (Å²) in [5.41, 5.74) is 5.76. The molecule has 96 valence electrons. The summed E-state index contributed by atoms with van der Waals surface area (Å²) >= 11 is 0. The first kappa shape index (κ1) is 12.2. The van der Waals surface area contributed by atoms with E-state index < -0.39 is 0 Å². The molecule has 4 rings (SSSR count). The second kappa shape index (κ2) is 5.05. The molecule has 0 N–H and O–H groups in total. The number of hydrogen-bond donors (Lipinski definition) is 0. The molecule has 0 nitrogen and oxygen atoms in total. The fourth-order valence-electron chi connectivity index (χ4n) is 3.08. The minimum Gasteiger partial charge on any atom is -0.0767 e. The third kappa shape index (κ3) is 2.02. The highest BCUT2D eigenvalue weighted by molar-refractivity contribution is 5.74. The van der Waals surface area contributed by atoms with E-state index in [-0.39, 0.29) is 0 Å². The number of allylic oxidation sites excluding steroid dienone is 6. The van der Waals surface area contributed by atoms with Crippen molar-refractivity contribution in [3.63, 3.8) is 0 Å². The highest BCUT2D eigenvalue weighted by Crippen LogP contribution is 2.46. The molecule has 0 amide bonds. The maximum atomic E-state index is 2.33. The van der Waals surface area contributed by atoms with Crippen LogP contribution in [0, 0.1) is 5.92 Å². The molecule has 3 aliphatic rings. The predicted octanol–water partition coefficient (Wildman–Crippen LogP) is 5.35. The number of benzene rings is 1. The van der Waals surface area contributed by atoms with Gasteiger partial charge in [0.15, 0.2) is 0 Å². The van der Waals surface area contributed by atoms with Crippen LogP contribution in [0.2, 0.25) is 0 Å².